The topological polar surface area (TPSA) is 30.8 Å². The first-order chi connectivity index (χ1) is 37.3. The maximum absolute atomic E-state index is 6.99. The van der Waals surface area contributed by atoms with Gasteiger partial charge in [0.25, 0.3) is 0 Å². The standard InChI is InChI=1S/C65H51NO2.C5H8.C3H6/c1-6-9-20-45(7-2)47-29-33-50(34-30-47)56(43-59(66-5)52-39-31-48(32-40-52)46-21-13-10-14-22-46)51-37-35-49(36-38-51)55-27-19-28-60-63(55)67-61-42-41-58-62(64(61)68-60)44(4)57(8-3)65(58,53-23-15-11-16-24-53)54-25-17-12-18-26-54;1-3-5-4-2;1-3-2/h6-43H,1,3H2,2,4-5H3;3-5H,1H2,2H3;3H,1H2,2H3/b20-9-,45-7+,56-43+,66-59?;5-4-;. The van der Waals surface area contributed by atoms with Gasteiger partial charge in [-0.25, -0.2) is 0 Å². The largest absolute Gasteiger partial charge is 0.449 e. The predicted molar refractivity (Wildman–Crippen MR) is 326 cm³/mol. The summed E-state index contributed by atoms with van der Waals surface area (Å²) < 4.78 is 13.9. The van der Waals surface area contributed by atoms with Gasteiger partial charge < -0.3 is 9.47 Å². The number of allylic oxidation sites excluding steroid dienone is 13. The van der Waals surface area contributed by atoms with Crippen molar-refractivity contribution in [2.24, 2.45) is 4.99 Å². The Morgan fingerprint density at radius 2 is 1.03 bits per heavy atom. The summed E-state index contributed by atoms with van der Waals surface area (Å²) in [5, 5.41) is 0. The average molecular weight is 988 g/mol. The Balaban J connectivity index is 0.000000895. The van der Waals surface area contributed by atoms with E-state index < -0.39 is 5.41 Å². The summed E-state index contributed by atoms with van der Waals surface area (Å²) in [6.07, 6.45) is 19.5. The zero-order valence-electron chi connectivity index (χ0n) is 44.3. The third kappa shape index (κ3) is 10.8. The second kappa shape index (κ2) is 25.1. The Kier molecular flexibility index (Phi) is 17.5. The van der Waals surface area contributed by atoms with Crippen LogP contribution < -0.4 is 9.47 Å². The lowest BCUT2D eigenvalue weighted by Crippen LogP contribution is -2.29. The summed E-state index contributed by atoms with van der Waals surface area (Å²) >= 11 is 0. The second-order valence-corrected chi connectivity index (χ2v) is 18.2. The van der Waals surface area contributed by atoms with Crippen LogP contribution in [0.2, 0.25) is 0 Å². The monoisotopic (exact) mass is 988 g/mol. The SMILES string of the molecule is C=C/C=C\C.C=C/C=C\C(=C/C)c1ccc(/C(=C\C(=NC)c2ccc(-c3ccccc3)cc2)c2ccc(-c3cccc4c3Oc3ccc5c(c3O4)C(C)=C(C=C)C5(c3ccccc3)c3ccccc3)cc2)cc1.C=CC. The van der Waals surface area contributed by atoms with E-state index in [1.54, 1.807) is 18.2 Å². The molecule has 0 radical (unpaired) electrons. The molecule has 374 valence electrons. The van der Waals surface area contributed by atoms with Crippen molar-refractivity contribution in [3.8, 4) is 45.3 Å². The van der Waals surface area contributed by atoms with Crippen molar-refractivity contribution >= 4 is 22.4 Å². The van der Waals surface area contributed by atoms with Crippen molar-refractivity contribution in [1.82, 2.24) is 0 Å². The van der Waals surface area contributed by atoms with Crippen LogP contribution in [0.5, 0.6) is 23.0 Å². The highest BCUT2D eigenvalue weighted by Crippen LogP contribution is 2.61. The van der Waals surface area contributed by atoms with E-state index in [1.807, 2.05) is 63.4 Å². The number of para-hydroxylation sites is 1. The lowest BCUT2D eigenvalue weighted by atomic mass is 9.67. The minimum absolute atomic E-state index is 0.573. The van der Waals surface area contributed by atoms with Crippen LogP contribution in [-0.4, -0.2) is 12.8 Å². The van der Waals surface area contributed by atoms with E-state index in [1.165, 1.54) is 16.7 Å². The lowest BCUT2D eigenvalue weighted by Gasteiger charge is -2.35. The normalized spacial score (nSPS) is 13.4. The van der Waals surface area contributed by atoms with Gasteiger partial charge in [-0.15, -0.1) is 6.58 Å². The van der Waals surface area contributed by atoms with Crippen LogP contribution in [0.3, 0.4) is 0 Å². The van der Waals surface area contributed by atoms with Crippen LogP contribution >= 0.6 is 0 Å². The van der Waals surface area contributed by atoms with Crippen LogP contribution in [0.15, 0.2) is 292 Å². The van der Waals surface area contributed by atoms with Gasteiger partial charge in [0, 0.05) is 18.2 Å². The fraction of sp³-hybridized carbons (Fsp3) is 0.0822. The highest BCUT2D eigenvalue weighted by molar-refractivity contribution is 6.14. The smallest absolute Gasteiger partial charge is 0.177 e. The fourth-order valence-corrected chi connectivity index (χ4v) is 10.2. The number of rotatable bonds is 13. The predicted octanol–water partition coefficient (Wildman–Crippen LogP) is 19.9. The number of fused-ring (bicyclic) bond motifs is 4. The minimum Gasteiger partial charge on any atom is -0.449 e. The van der Waals surface area contributed by atoms with Gasteiger partial charge in [0.1, 0.15) is 0 Å². The molecule has 0 atom stereocenters. The van der Waals surface area contributed by atoms with E-state index in [0.717, 1.165) is 83.8 Å². The molecule has 1 heterocycles. The van der Waals surface area contributed by atoms with E-state index in [0.29, 0.717) is 17.2 Å². The maximum atomic E-state index is 6.99. The van der Waals surface area contributed by atoms with E-state index in [9.17, 15) is 0 Å². The van der Waals surface area contributed by atoms with Gasteiger partial charge >= 0.3 is 0 Å². The quantitative estimate of drug-likeness (QED) is 0.0655. The van der Waals surface area contributed by atoms with Crippen LogP contribution in [0.4, 0.5) is 0 Å². The summed E-state index contributed by atoms with van der Waals surface area (Å²) in [5.74, 6) is 2.75. The zero-order chi connectivity index (χ0) is 53.4. The zero-order valence-corrected chi connectivity index (χ0v) is 44.3. The van der Waals surface area contributed by atoms with Crippen molar-refractivity contribution < 1.29 is 9.47 Å². The van der Waals surface area contributed by atoms with E-state index in [4.69, 9.17) is 14.5 Å². The average Bonchev–Trinajstić information content (AvgIpc) is 3.80. The third-order valence-electron chi connectivity index (χ3n) is 13.6. The summed E-state index contributed by atoms with van der Waals surface area (Å²) in [7, 11) is 1.86. The van der Waals surface area contributed by atoms with Gasteiger partial charge in [0.05, 0.1) is 11.1 Å². The number of aliphatic imine (C=N–C) groups is 1. The fourth-order valence-electron chi connectivity index (χ4n) is 10.2. The molecule has 2 aliphatic rings. The van der Waals surface area contributed by atoms with Gasteiger partial charge in [-0.05, 0) is 124 Å². The molecule has 3 nitrogen and oxygen atoms in total. The molecule has 0 unspecified atom stereocenters. The van der Waals surface area contributed by atoms with Crippen molar-refractivity contribution in [1.29, 1.82) is 0 Å². The molecule has 76 heavy (non-hydrogen) atoms. The van der Waals surface area contributed by atoms with Gasteiger partial charge in [-0.2, -0.15) is 0 Å². The number of benzene rings is 8. The molecule has 1 aliphatic carbocycles. The first-order valence-corrected chi connectivity index (χ1v) is 25.7. The molecular weight excluding hydrogens is 923 g/mol. The molecule has 8 aromatic rings. The lowest BCUT2D eigenvalue weighted by molar-refractivity contribution is 0.359. The molecule has 0 N–H and O–H groups in total. The van der Waals surface area contributed by atoms with Crippen LogP contribution in [0, 0.1) is 0 Å². The van der Waals surface area contributed by atoms with Gasteiger partial charge in [-0.3, -0.25) is 4.99 Å². The van der Waals surface area contributed by atoms with E-state index in [-0.39, 0.29) is 0 Å². The van der Waals surface area contributed by atoms with Gasteiger partial charge in [0.2, 0.25) is 0 Å². The molecule has 10 rings (SSSR count). The minimum atomic E-state index is -0.573. The van der Waals surface area contributed by atoms with Crippen molar-refractivity contribution in [2.45, 2.75) is 33.1 Å². The van der Waals surface area contributed by atoms with Crippen molar-refractivity contribution in [3.05, 3.63) is 331 Å². The molecule has 8 aromatic carbocycles. The Morgan fingerprint density at radius 1 is 0.513 bits per heavy atom. The molecule has 0 fully saturated rings. The Labute approximate surface area is 451 Å². The highest BCUT2D eigenvalue weighted by atomic mass is 16.6. The summed E-state index contributed by atoms with van der Waals surface area (Å²) in [4.78, 5) is 4.82. The molecule has 0 saturated carbocycles. The first-order valence-electron chi connectivity index (χ1n) is 25.7. The molecular formula is C73H65NO2. The van der Waals surface area contributed by atoms with Crippen molar-refractivity contribution in [2.75, 3.05) is 7.05 Å². The van der Waals surface area contributed by atoms with Crippen LogP contribution in [0.25, 0.3) is 39.0 Å². The van der Waals surface area contributed by atoms with Crippen LogP contribution in [-0.2, 0) is 5.41 Å². The Bertz CT molecular complexity index is 3490. The molecule has 3 heteroatoms. The number of hydrogen-bond donors (Lipinski definition) is 0. The van der Waals surface area contributed by atoms with Gasteiger partial charge in [-0.1, -0.05) is 256 Å². The van der Waals surface area contributed by atoms with Gasteiger partial charge in [0.15, 0.2) is 23.0 Å². The molecule has 0 saturated heterocycles. The Hall–Kier alpha value is -9.31. The van der Waals surface area contributed by atoms with Crippen LogP contribution in [0.1, 0.15) is 72.2 Å². The number of ether oxygens (including phenoxy) is 2. The third-order valence-corrected chi connectivity index (χ3v) is 13.6. The molecule has 0 amide bonds. The molecule has 0 aromatic heterocycles. The maximum Gasteiger partial charge on any atom is 0.177 e. The molecule has 0 bridgehead atoms. The summed E-state index contributed by atoms with van der Waals surface area (Å²) in [6, 6.07) is 68.4. The van der Waals surface area contributed by atoms with E-state index in [2.05, 4.69) is 234 Å². The summed E-state index contributed by atoms with van der Waals surface area (Å²) in [6.45, 7) is 23.1. The second-order valence-electron chi connectivity index (χ2n) is 18.2. The molecule has 1 aliphatic heterocycles. The molecule has 0 spiro atoms. The Morgan fingerprint density at radius 3 is 1.57 bits per heavy atom. The van der Waals surface area contributed by atoms with E-state index >= 15 is 0 Å². The highest BCUT2D eigenvalue weighted by Gasteiger charge is 2.48. The van der Waals surface area contributed by atoms with Crippen molar-refractivity contribution in [3.63, 3.8) is 0 Å². The number of nitrogens with zero attached hydrogens (tertiary/aromatic N) is 1. The first kappa shape index (κ1) is 53.0. The summed E-state index contributed by atoms with van der Waals surface area (Å²) in [5.41, 5.74) is 17.9. The number of hydrogen-bond acceptors (Lipinski definition) is 3.